The quantitative estimate of drug-likeness (QED) is 0.453. The van der Waals surface area contributed by atoms with Crippen molar-refractivity contribution in [2.45, 2.75) is 0 Å². The number of hydrogen-bond donors (Lipinski definition) is 1. The van der Waals surface area contributed by atoms with Gasteiger partial charge >= 0.3 is 0 Å². The van der Waals surface area contributed by atoms with Crippen molar-refractivity contribution >= 4 is 64.1 Å². The van der Waals surface area contributed by atoms with Gasteiger partial charge in [-0.05, 0) is 36.5 Å². The van der Waals surface area contributed by atoms with Gasteiger partial charge in [-0.25, -0.2) is 0 Å². The summed E-state index contributed by atoms with van der Waals surface area (Å²) in [7, 11) is 0. The molecule has 1 heterocycles. The molecule has 1 aliphatic rings. The number of ether oxygens (including phenoxy) is 1. The van der Waals surface area contributed by atoms with Gasteiger partial charge in [-0.3, -0.25) is 19.8 Å². The number of carbonyl (C=O) groups is 2. The Balaban J connectivity index is 2.05. The number of amides is 2. The maximum absolute atomic E-state index is 13.1. The van der Waals surface area contributed by atoms with Crippen molar-refractivity contribution < 1.29 is 14.3 Å². The van der Waals surface area contributed by atoms with E-state index in [-0.39, 0.29) is 33.0 Å². The van der Waals surface area contributed by atoms with Crippen LogP contribution in [-0.4, -0.2) is 23.5 Å². The molecule has 2 aromatic rings. The molecule has 9 heteroatoms. The lowest BCUT2D eigenvalue weighted by Crippen LogP contribution is -2.54. The normalized spacial score (nSPS) is 15.4. The van der Waals surface area contributed by atoms with Crippen LogP contribution in [0.2, 0.25) is 10.0 Å². The van der Waals surface area contributed by atoms with Crippen LogP contribution in [0.25, 0.3) is 6.08 Å². The van der Waals surface area contributed by atoms with E-state index in [0.717, 1.165) is 4.90 Å². The van der Waals surface area contributed by atoms with E-state index in [4.69, 9.17) is 45.4 Å². The average Bonchev–Trinajstić information content (AvgIpc) is 2.67. The summed E-state index contributed by atoms with van der Waals surface area (Å²) < 4.78 is 5.34. The topological polar surface area (TPSA) is 82.4 Å². The van der Waals surface area contributed by atoms with Crippen LogP contribution in [0.15, 0.2) is 48.0 Å². The van der Waals surface area contributed by atoms with Crippen LogP contribution in [0.3, 0.4) is 0 Å². The maximum atomic E-state index is 13.1. The molecular formula is C19H11Cl2N3O3S. The summed E-state index contributed by atoms with van der Waals surface area (Å²) >= 11 is 17.4. The van der Waals surface area contributed by atoms with Crippen molar-refractivity contribution in [3.63, 3.8) is 0 Å². The van der Waals surface area contributed by atoms with Crippen LogP contribution in [0.4, 0.5) is 5.69 Å². The largest absolute Gasteiger partial charge is 0.478 e. The van der Waals surface area contributed by atoms with Crippen molar-refractivity contribution in [1.82, 2.24) is 5.32 Å². The lowest BCUT2D eigenvalue weighted by Gasteiger charge is -2.29. The molecule has 1 N–H and O–H groups in total. The molecule has 0 radical (unpaired) electrons. The highest BCUT2D eigenvalue weighted by Gasteiger charge is 2.35. The van der Waals surface area contributed by atoms with E-state index in [9.17, 15) is 9.59 Å². The zero-order valence-electron chi connectivity index (χ0n) is 14.1. The third-order valence-electron chi connectivity index (χ3n) is 3.78. The van der Waals surface area contributed by atoms with Crippen LogP contribution in [-0.2, 0) is 9.59 Å². The highest BCUT2D eigenvalue weighted by molar-refractivity contribution is 7.80. The number of nitrogens with zero attached hydrogens (tertiary/aromatic N) is 2. The van der Waals surface area contributed by atoms with Gasteiger partial charge in [-0.1, -0.05) is 47.5 Å². The predicted molar refractivity (Wildman–Crippen MR) is 110 cm³/mol. The van der Waals surface area contributed by atoms with Gasteiger partial charge in [-0.2, -0.15) is 5.26 Å². The molecule has 0 aliphatic carbocycles. The van der Waals surface area contributed by atoms with Crippen molar-refractivity contribution in [2.75, 3.05) is 11.5 Å². The van der Waals surface area contributed by atoms with Crippen molar-refractivity contribution in [2.24, 2.45) is 0 Å². The van der Waals surface area contributed by atoms with Crippen LogP contribution in [0, 0.1) is 11.3 Å². The lowest BCUT2D eigenvalue weighted by molar-refractivity contribution is -0.122. The average molecular weight is 432 g/mol. The minimum atomic E-state index is -0.659. The van der Waals surface area contributed by atoms with E-state index < -0.39 is 11.8 Å². The molecule has 2 aromatic carbocycles. The van der Waals surface area contributed by atoms with Crippen LogP contribution >= 0.6 is 35.4 Å². The predicted octanol–water partition coefficient (Wildman–Crippen LogP) is 3.73. The molecule has 0 saturated carbocycles. The number of nitriles is 1. The minimum Gasteiger partial charge on any atom is -0.478 e. The van der Waals surface area contributed by atoms with Gasteiger partial charge < -0.3 is 4.74 Å². The molecule has 28 heavy (non-hydrogen) atoms. The first-order chi connectivity index (χ1) is 13.4. The third kappa shape index (κ3) is 3.85. The Morgan fingerprint density at radius 2 is 1.93 bits per heavy atom. The summed E-state index contributed by atoms with van der Waals surface area (Å²) in [5.41, 5.74) is 0.544. The van der Waals surface area contributed by atoms with Gasteiger partial charge in [0.05, 0.1) is 15.7 Å². The first-order valence-electron chi connectivity index (χ1n) is 7.88. The smallest absolute Gasteiger partial charge is 0.270 e. The molecule has 140 valence electrons. The first-order valence-corrected chi connectivity index (χ1v) is 9.04. The van der Waals surface area contributed by atoms with Crippen LogP contribution < -0.4 is 15.0 Å². The Morgan fingerprint density at radius 3 is 2.68 bits per heavy atom. The van der Waals surface area contributed by atoms with E-state index in [1.165, 1.54) is 6.08 Å². The SMILES string of the molecule is N#CCOc1ccccc1/C=C1\C(=O)NC(=S)N(c2cccc(Cl)c2Cl)C1=O. The van der Waals surface area contributed by atoms with Gasteiger partial charge in [0.25, 0.3) is 11.8 Å². The number of carbonyl (C=O) groups excluding carboxylic acids is 2. The Morgan fingerprint density at radius 1 is 1.18 bits per heavy atom. The zero-order valence-corrected chi connectivity index (χ0v) is 16.4. The van der Waals surface area contributed by atoms with E-state index in [1.807, 2.05) is 6.07 Å². The molecule has 0 spiro atoms. The fourth-order valence-electron chi connectivity index (χ4n) is 2.54. The van der Waals surface area contributed by atoms with Crippen LogP contribution in [0.1, 0.15) is 5.56 Å². The summed E-state index contributed by atoms with van der Waals surface area (Å²) in [4.78, 5) is 26.6. The molecule has 2 amide bonds. The highest BCUT2D eigenvalue weighted by atomic mass is 35.5. The van der Waals surface area contributed by atoms with Crippen molar-refractivity contribution in [3.05, 3.63) is 63.6 Å². The summed E-state index contributed by atoms with van der Waals surface area (Å²) in [6.45, 7) is -0.172. The minimum absolute atomic E-state index is 0.106. The van der Waals surface area contributed by atoms with Gasteiger partial charge in [0, 0.05) is 5.56 Å². The number of hydrogen-bond acceptors (Lipinski definition) is 5. The second kappa shape index (κ2) is 8.40. The molecule has 3 rings (SSSR count). The van der Waals surface area contributed by atoms with E-state index in [1.54, 1.807) is 42.5 Å². The van der Waals surface area contributed by atoms with E-state index in [2.05, 4.69) is 5.32 Å². The number of halogens is 2. The van der Waals surface area contributed by atoms with Crippen LogP contribution in [0.5, 0.6) is 5.75 Å². The zero-order chi connectivity index (χ0) is 20.3. The molecule has 1 fully saturated rings. The van der Waals surface area contributed by atoms with Gasteiger partial charge in [0.1, 0.15) is 17.4 Å². The Bertz CT molecular complexity index is 1060. The summed E-state index contributed by atoms with van der Waals surface area (Å²) in [5.74, 6) is -0.954. The van der Waals surface area contributed by atoms with Gasteiger partial charge in [0.15, 0.2) is 11.7 Å². The molecule has 1 aliphatic heterocycles. The molecule has 0 bridgehead atoms. The first kappa shape index (κ1) is 19.8. The monoisotopic (exact) mass is 431 g/mol. The summed E-state index contributed by atoms with van der Waals surface area (Å²) in [6.07, 6.45) is 1.37. The van der Waals surface area contributed by atoms with Gasteiger partial charge in [0.2, 0.25) is 0 Å². The molecule has 0 unspecified atom stereocenters. The number of para-hydroxylation sites is 1. The Hall–Kier alpha value is -2.92. The van der Waals surface area contributed by atoms with E-state index in [0.29, 0.717) is 11.3 Å². The number of thiocarbonyl (C=S) groups is 1. The fourth-order valence-corrected chi connectivity index (χ4v) is 3.19. The lowest BCUT2D eigenvalue weighted by atomic mass is 10.1. The Kier molecular flexibility index (Phi) is 5.95. The second-order valence-electron chi connectivity index (χ2n) is 5.52. The maximum Gasteiger partial charge on any atom is 0.270 e. The number of anilines is 1. The number of benzene rings is 2. The van der Waals surface area contributed by atoms with Crippen molar-refractivity contribution in [1.29, 1.82) is 5.26 Å². The second-order valence-corrected chi connectivity index (χ2v) is 6.69. The standard InChI is InChI=1S/C19H11Cl2N3O3S/c20-13-5-3-6-14(16(13)21)24-18(26)12(17(25)23-19(24)28)10-11-4-1-2-7-15(11)27-9-8-22/h1-7,10H,9H2,(H,23,25,28)/b12-10+. The molecule has 6 nitrogen and oxygen atoms in total. The third-order valence-corrected chi connectivity index (χ3v) is 4.88. The molecule has 0 aromatic heterocycles. The molecule has 0 atom stereocenters. The van der Waals surface area contributed by atoms with Crippen molar-refractivity contribution in [3.8, 4) is 11.8 Å². The Labute approximate surface area is 175 Å². The fraction of sp³-hybridized carbons (Fsp3) is 0.0526. The van der Waals surface area contributed by atoms with E-state index >= 15 is 0 Å². The number of nitrogens with one attached hydrogen (secondary N) is 1. The number of rotatable bonds is 4. The summed E-state index contributed by atoms with van der Waals surface area (Å²) in [6, 6.07) is 13.3. The van der Waals surface area contributed by atoms with Gasteiger partial charge in [-0.15, -0.1) is 0 Å². The molecule has 1 saturated heterocycles. The highest BCUT2D eigenvalue weighted by Crippen LogP contribution is 2.34. The summed E-state index contributed by atoms with van der Waals surface area (Å²) in [5, 5.41) is 11.5. The molecular weight excluding hydrogens is 421 g/mol.